The molecule has 1 rings (SSSR count). The fourth-order valence-corrected chi connectivity index (χ4v) is 2.76. The van der Waals surface area contributed by atoms with Crippen LogP contribution in [-0.2, 0) is 4.79 Å². The first-order valence-corrected chi connectivity index (χ1v) is 7.42. The predicted octanol–water partition coefficient (Wildman–Crippen LogP) is 2.15. The summed E-state index contributed by atoms with van der Waals surface area (Å²) in [6.45, 7) is 8.32. The molecule has 1 unspecified atom stereocenters. The first-order chi connectivity index (χ1) is 8.81. The lowest BCUT2D eigenvalue weighted by Crippen LogP contribution is -2.29. The summed E-state index contributed by atoms with van der Waals surface area (Å²) in [6, 6.07) is 0. The molecule has 0 aliphatic carbocycles. The minimum absolute atomic E-state index is 0.577. The molecule has 0 aromatic heterocycles. The largest absolute Gasteiger partial charge is 0.481 e. The van der Waals surface area contributed by atoms with Gasteiger partial charge in [0, 0.05) is 13.1 Å². The van der Waals surface area contributed by atoms with Crippen molar-refractivity contribution < 1.29 is 9.90 Å². The number of likely N-dealkylation sites (tertiary alicyclic amines) is 1. The van der Waals surface area contributed by atoms with Crippen LogP contribution in [0.2, 0.25) is 0 Å². The van der Waals surface area contributed by atoms with E-state index in [-0.39, 0.29) is 0 Å². The quantitative estimate of drug-likeness (QED) is 0.686. The van der Waals surface area contributed by atoms with Crippen LogP contribution < -0.4 is 0 Å². The zero-order valence-electron chi connectivity index (χ0n) is 13.0. The van der Waals surface area contributed by atoms with Gasteiger partial charge in [-0.25, -0.2) is 0 Å². The van der Waals surface area contributed by atoms with Gasteiger partial charge in [-0.05, 0) is 66.2 Å². The number of hydrogen-bond acceptors (Lipinski definition) is 3. The average Bonchev–Trinajstić information content (AvgIpc) is 2.70. The molecule has 1 aliphatic rings. The normalized spacial score (nSPS) is 21.2. The predicted molar refractivity (Wildman–Crippen MR) is 78.4 cm³/mol. The number of carboxylic acids is 1. The summed E-state index contributed by atoms with van der Waals surface area (Å²) in [6.07, 6.45) is 4.17. The van der Waals surface area contributed by atoms with Crippen LogP contribution in [0.3, 0.4) is 0 Å². The van der Waals surface area contributed by atoms with Crippen LogP contribution in [-0.4, -0.2) is 61.2 Å². The van der Waals surface area contributed by atoms with Crippen molar-refractivity contribution in [1.29, 1.82) is 0 Å². The summed E-state index contributed by atoms with van der Waals surface area (Å²) in [5, 5.41) is 9.05. The topological polar surface area (TPSA) is 43.8 Å². The van der Waals surface area contributed by atoms with Gasteiger partial charge in [0.05, 0.1) is 5.41 Å². The van der Waals surface area contributed by atoms with E-state index in [1.807, 2.05) is 13.8 Å². The second kappa shape index (κ2) is 7.25. The molecule has 1 heterocycles. The Morgan fingerprint density at radius 2 is 2.11 bits per heavy atom. The third-order valence-corrected chi connectivity index (χ3v) is 4.23. The van der Waals surface area contributed by atoms with E-state index in [1.165, 1.54) is 26.1 Å². The van der Waals surface area contributed by atoms with Crippen LogP contribution in [0.1, 0.15) is 39.5 Å². The van der Waals surface area contributed by atoms with Crippen LogP contribution in [0.15, 0.2) is 0 Å². The van der Waals surface area contributed by atoms with Gasteiger partial charge in [-0.15, -0.1) is 0 Å². The Bertz CT molecular complexity index is 292. The number of unbranched alkanes of at least 4 members (excludes halogenated alkanes) is 1. The Morgan fingerprint density at radius 3 is 2.63 bits per heavy atom. The van der Waals surface area contributed by atoms with Crippen molar-refractivity contribution in [2.45, 2.75) is 39.5 Å². The molecule has 0 aromatic carbocycles. The van der Waals surface area contributed by atoms with Crippen LogP contribution in [0.4, 0.5) is 0 Å². The van der Waals surface area contributed by atoms with E-state index in [0.29, 0.717) is 0 Å². The standard InChI is InChI=1S/C15H30N2O2/c1-15(2,14(18)19)8-5-6-9-16(3)11-13-7-10-17(4)12-13/h13H,5-12H2,1-4H3,(H,18,19). The monoisotopic (exact) mass is 270 g/mol. The summed E-state index contributed by atoms with van der Waals surface area (Å²) in [7, 11) is 4.37. The Balaban J connectivity index is 2.10. The van der Waals surface area contributed by atoms with Gasteiger partial charge in [0.2, 0.25) is 0 Å². The second-order valence-corrected chi connectivity index (χ2v) is 6.83. The van der Waals surface area contributed by atoms with E-state index >= 15 is 0 Å². The van der Waals surface area contributed by atoms with Gasteiger partial charge in [-0.2, -0.15) is 0 Å². The smallest absolute Gasteiger partial charge is 0.309 e. The first-order valence-electron chi connectivity index (χ1n) is 7.42. The molecular formula is C15H30N2O2. The molecule has 4 heteroatoms. The summed E-state index contributed by atoms with van der Waals surface area (Å²) in [4.78, 5) is 15.8. The maximum absolute atomic E-state index is 11.0. The lowest BCUT2D eigenvalue weighted by molar-refractivity contribution is -0.147. The van der Waals surface area contributed by atoms with Crippen molar-refractivity contribution in [2.24, 2.45) is 11.3 Å². The van der Waals surface area contributed by atoms with Gasteiger partial charge in [0.1, 0.15) is 0 Å². The molecule has 19 heavy (non-hydrogen) atoms. The molecule has 1 fully saturated rings. The molecule has 1 N–H and O–H groups in total. The highest BCUT2D eigenvalue weighted by atomic mass is 16.4. The van der Waals surface area contributed by atoms with Gasteiger partial charge in [-0.1, -0.05) is 6.42 Å². The van der Waals surface area contributed by atoms with E-state index < -0.39 is 11.4 Å². The van der Waals surface area contributed by atoms with Gasteiger partial charge in [-0.3, -0.25) is 4.79 Å². The Morgan fingerprint density at radius 1 is 1.42 bits per heavy atom. The first kappa shape index (κ1) is 16.4. The molecule has 0 aromatic rings. The van der Waals surface area contributed by atoms with Gasteiger partial charge in [0.15, 0.2) is 0 Å². The number of rotatable bonds is 8. The zero-order valence-corrected chi connectivity index (χ0v) is 13.0. The Hall–Kier alpha value is -0.610. The van der Waals surface area contributed by atoms with Crippen molar-refractivity contribution in [3.8, 4) is 0 Å². The van der Waals surface area contributed by atoms with Gasteiger partial charge >= 0.3 is 5.97 Å². The summed E-state index contributed by atoms with van der Waals surface area (Å²) in [5.41, 5.74) is -0.577. The van der Waals surface area contributed by atoms with Crippen LogP contribution in [0.5, 0.6) is 0 Å². The van der Waals surface area contributed by atoms with Gasteiger partial charge in [0.25, 0.3) is 0 Å². The third-order valence-electron chi connectivity index (χ3n) is 4.23. The lowest BCUT2D eigenvalue weighted by Gasteiger charge is -2.22. The average molecular weight is 270 g/mol. The molecule has 0 bridgehead atoms. The summed E-state index contributed by atoms with van der Waals surface area (Å²) < 4.78 is 0. The molecule has 0 saturated carbocycles. The molecule has 0 amide bonds. The van der Waals surface area contributed by atoms with Crippen molar-refractivity contribution in [2.75, 3.05) is 40.3 Å². The summed E-state index contributed by atoms with van der Waals surface area (Å²) >= 11 is 0. The van der Waals surface area contributed by atoms with Gasteiger partial charge < -0.3 is 14.9 Å². The highest BCUT2D eigenvalue weighted by molar-refractivity contribution is 5.73. The molecule has 1 aliphatic heterocycles. The van der Waals surface area contributed by atoms with E-state index in [1.54, 1.807) is 0 Å². The lowest BCUT2D eigenvalue weighted by atomic mass is 9.87. The second-order valence-electron chi connectivity index (χ2n) is 6.83. The van der Waals surface area contributed by atoms with E-state index in [9.17, 15) is 4.79 Å². The molecule has 1 atom stereocenters. The molecule has 0 radical (unpaired) electrons. The van der Waals surface area contributed by atoms with Crippen molar-refractivity contribution >= 4 is 5.97 Å². The number of carbonyl (C=O) groups is 1. The van der Waals surface area contributed by atoms with Crippen LogP contribution >= 0.6 is 0 Å². The van der Waals surface area contributed by atoms with Crippen molar-refractivity contribution in [3.63, 3.8) is 0 Å². The van der Waals surface area contributed by atoms with Crippen LogP contribution in [0, 0.1) is 11.3 Å². The third kappa shape index (κ3) is 5.91. The van der Waals surface area contributed by atoms with Crippen molar-refractivity contribution in [3.05, 3.63) is 0 Å². The SMILES string of the molecule is CN(CCCCC(C)(C)C(=O)O)CC1CCN(C)C1. The molecular weight excluding hydrogens is 240 g/mol. The molecule has 0 spiro atoms. The number of hydrogen-bond donors (Lipinski definition) is 1. The zero-order chi connectivity index (χ0) is 14.5. The van der Waals surface area contributed by atoms with Crippen LogP contribution in [0.25, 0.3) is 0 Å². The fraction of sp³-hybridized carbons (Fsp3) is 0.933. The maximum Gasteiger partial charge on any atom is 0.309 e. The fourth-order valence-electron chi connectivity index (χ4n) is 2.76. The number of carboxylic acid groups (broad SMARTS) is 1. The number of aliphatic carboxylic acids is 1. The molecule has 4 nitrogen and oxygen atoms in total. The Labute approximate surface area is 117 Å². The van der Waals surface area contributed by atoms with Crippen molar-refractivity contribution in [1.82, 2.24) is 9.80 Å². The van der Waals surface area contributed by atoms with E-state index in [2.05, 4.69) is 23.9 Å². The highest BCUT2D eigenvalue weighted by Crippen LogP contribution is 2.23. The molecule has 112 valence electrons. The number of nitrogens with zero attached hydrogens (tertiary/aromatic N) is 2. The van der Waals surface area contributed by atoms with E-state index in [0.717, 1.165) is 31.7 Å². The minimum atomic E-state index is -0.685. The maximum atomic E-state index is 11.0. The van der Waals surface area contributed by atoms with E-state index in [4.69, 9.17) is 5.11 Å². The highest BCUT2D eigenvalue weighted by Gasteiger charge is 2.26. The molecule has 1 saturated heterocycles. The minimum Gasteiger partial charge on any atom is -0.481 e. The summed E-state index contributed by atoms with van der Waals surface area (Å²) in [5.74, 6) is 0.125. The Kier molecular flexibility index (Phi) is 6.27.